The van der Waals surface area contributed by atoms with Crippen molar-refractivity contribution in [1.82, 2.24) is 4.98 Å². The van der Waals surface area contributed by atoms with Crippen LogP contribution >= 0.6 is 11.3 Å². The molecule has 6 nitrogen and oxygen atoms in total. The van der Waals surface area contributed by atoms with E-state index in [-0.39, 0.29) is 15.8 Å². The van der Waals surface area contributed by atoms with Crippen molar-refractivity contribution >= 4 is 47.1 Å². The molecular formula is C16H14F2N2O4S3. The third-order valence-corrected chi connectivity index (χ3v) is 8.33. The fourth-order valence-corrected chi connectivity index (χ4v) is 6.09. The molecule has 1 N–H and O–H groups in total. The fraction of sp³-hybridized carbons (Fsp3) is 0.188. The fourth-order valence-electron chi connectivity index (χ4n) is 2.31. The van der Waals surface area contributed by atoms with E-state index in [1.54, 1.807) is 6.92 Å². The zero-order valence-corrected chi connectivity index (χ0v) is 16.4. The monoisotopic (exact) mass is 432 g/mol. The summed E-state index contributed by atoms with van der Waals surface area (Å²) >= 11 is 0.941. The second kappa shape index (κ2) is 7.13. The van der Waals surface area contributed by atoms with Crippen molar-refractivity contribution in [2.75, 3.05) is 10.5 Å². The van der Waals surface area contributed by atoms with Crippen LogP contribution in [0.5, 0.6) is 0 Å². The van der Waals surface area contributed by atoms with E-state index in [1.165, 1.54) is 18.2 Å². The molecule has 0 aliphatic carbocycles. The van der Waals surface area contributed by atoms with Crippen molar-refractivity contribution < 1.29 is 25.6 Å². The third-order valence-electron chi connectivity index (χ3n) is 3.56. The Morgan fingerprint density at radius 2 is 1.78 bits per heavy atom. The number of halogens is 2. The first kappa shape index (κ1) is 19.6. The van der Waals surface area contributed by atoms with Crippen LogP contribution in [0.2, 0.25) is 0 Å². The van der Waals surface area contributed by atoms with Crippen molar-refractivity contribution in [2.45, 2.75) is 22.6 Å². The van der Waals surface area contributed by atoms with Gasteiger partial charge < -0.3 is 0 Å². The predicted octanol–water partition coefficient (Wildman–Crippen LogP) is 3.56. The number of rotatable bonds is 6. The number of sulfonamides is 1. The lowest BCUT2D eigenvalue weighted by Crippen LogP contribution is -2.13. The molecule has 0 aliphatic heterocycles. The highest BCUT2D eigenvalue weighted by molar-refractivity contribution is 7.93. The Morgan fingerprint density at radius 3 is 2.44 bits per heavy atom. The number of benzene rings is 2. The van der Waals surface area contributed by atoms with Gasteiger partial charge in [0, 0.05) is 0 Å². The van der Waals surface area contributed by atoms with Gasteiger partial charge in [0.2, 0.25) is 14.2 Å². The van der Waals surface area contributed by atoms with Gasteiger partial charge in [0.15, 0.2) is 11.6 Å². The van der Waals surface area contributed by atoms with Gasteiger partial charge in [0.25, 0.3) is 10.0 Å². The number of hydrogen-bond donors (Lipinski definition) is 1. The van der Waals surface area contributed by atoms with Crippen LogP contribution in [0.25, 0.3) is 10.2 Å². The smallest absolute Gasteiger partial charge is 0.261 e. The van der Waals surface area contributed by atoms with Gasteiger partial charge in [-0.2, -0.15) is 0 Å². The maximum atomic E-state index is 13.3. The molecule has 0 atom stereocenters. The summed E-state index contributed by atoms with van der Waals surface area (Å²) in [5.41, 5.74) is 0.570. The Morgan fingerprint density at radius 1 is 1.04 bits per heavy atom. The molecule has 0 aliphatic rings. The molecule has 0 fully saturated rings. The molecule has 0 bridgehead atoms. The molecule has 2 aromatic carbocycles. The first-order valence-corrected chi connectivity index (χ1v) is 11.7. The number of hydrogen-bond acceptors (Lipinski definition) is 6. The summed E-state index contributed by atoms with van der Waals surface area (Å²) < 4.78 is 78.0. The second-order valence-electron chi connectivity index (χ2n) is 5.66. The number of nitrogens with zero attached hydrogens (tertiary/aromatic N) is 1. The summed E-state index contributed by atoms with van der Waals surface area (Å²) in [5.74, 6) is -2.45. The number of nitrogens with one attached hydrogen (secondary N) is 1. The van der Waals surface area contributed by atoms with Crippen LogP contribution < -0.4 is 4.72 Å². The summed E-state index contributed by atoms with van der Waals surface area (Å²) in [7, 11) is -7.62. The molecule has 1 heterocycles. The van der Waals surface area contributed by atoms with Gasteiger partial charge in [0.1, 0.15) is 0 Å². The van der Waals surface area contributed by atoms with Crippen molar-refractivity contribution in [3.05, 3.63) is 48.0 Å². The molecule has 0 saturated carbocycles. The van der Waals surface area contributed by atoms with Crippen LogP contribution in [0.4, 0.5) is 14.5 Å². The van der Waals surface area contributed by atoms with Crippen LogP contribution in [-0.2, 0) is 19.9 Å². The van der Waals surface area contributed by atoms with E-state index in [2.05, 4.69) is 9.71 Å². The van der Waals surface area contributed by atoms with Gasteiger partial charge in [-0.1, -0.05) is 6.92 Å². The average molecular weight is 432 g/mol. The number of anilines is 1. The van der Waals surface area contributed by atoms with Gasteiger partial charge >= 0.3 is 0 Å². The molecule has 0 radical (unpaired) electrons. The van der Waals surface area contributed by atoms with Crippen molar-refractivity contribution in [3.8, 4) is 0 Å². The summed E-state index contributed by atoms with van der Waals surface area (Å²) in [6.07, 6.45) is 0.456. The largest absolute Gasteiger partial charge is 0.280 e. The average Bonchev–Trinajstić information content (AvgIpc) is 3.01. The molecule has 11 heteroatoms. The summed E-state index contributed by atoms with van der Waals surface area (Å²) in [4.78, 5) is 3.65. The highest BCUT2D eigenvalue weighted by Crippen LogP contribution is 2.29. The Balaban J connectivity index is 1.94. The maximum absolute atomic E-state index is 13.3. The van der Waals surface area contributed by atoms with E-state index in [0.717, 1.165) is 23.5 Å². The van der Waals surface area contributed by atoms with Gasteiger partial charge in [-0.3, -0.25) is 4.72 Å². The second-order valence-corrected chi connectivity index (χ2v) is 10.7. The van der Waals surface area contributed by atoms with Crippen molar-refractivity contribution in [2.24, 2.45) is 0 Å². The van der Waals surface area contributed by atoms with E-state index in [9.17, 15) is 25.6 Å². The minimum absolute atomic E-state index is 0.0254. The SMILES string of the molecule is CCCS(=O)(=O)c1nc2ccc(NS(=O)(=O)c3ccc(F)c(F)c3)cc2s1. The van der Waals surface area contributed by atoms with Gasteiger partial charge in [-0.25, -0.2) is 30.6 Å². The van der Waals surface area contributed by atoms with E-state index < -0.39 is 36.4 Å². The summed E-state index contributed by atoms with van der Waals surface area (Å²) in [6.45, 7) is 1.75. The lowest BCUT2D eigenvalue weighted by molar-refractivity contribution is 0.504. The highest BCUT2D eigenvalue weighted by Gasteiger charge is 2.20. The highest BCUT2D eigenvalue weighted by atomic mass is 32.2. The molecule has 3 aromatic rings. The van der Waals surface area contributed by atoms with Crippen LogP contribution in [0.15, 0.2) is 45.6 Å². The molecule has 0 spiro atoms. The van der Waals surface area contributed by atoms with Crippen LogP contribution in [-0.4, -0.2) is 27.6 Å². The Hall–Kier alpha value is -2.11. The minimum atomic E-state index is -4.14. The zero-order valence-electron chi connectivity index (χ0n) is 13.9. The number of aromatic nitrogens is 1. The Kier molecular flexibility index (Phi) is 5.19. The lowest BCUT2D eigenvalue weighted by atomic mass is 10.3. The molecule has 1 aromatic heterocycles. The first-order chi connectivity index (χ1) is 12.6. The maximum Gasteiger partial charge on any atom is 0.261 e. The number of thiazole rings is 1. The minimum Gasteiger partial charge on any atom is -0.280 e. The standard InChI is InChI=1S/C16H14F2N2O4S3/c1-2-7-26(21,22)16-19-14-6-3-10(8-15(14)25-16)20-27(23,24)11-4-5-12(17)13(18)9-11/h3-6,8-9,20H,2,7H2,1H3. The molecule has 0 saturated heterocycles. The van der Waals surface area contributed by atoms with Crippen LogP contribution in [0.3, 0.4) is 0 Å². The molecular weight excluding hydrogens is 418 g/mol. The van der Waals surface area contributed by atoms with Crippen molar-refractivity contribution in [1.29, 1.82) is 0 Å². The zero-order chi connectivity index (χ0) is 19.8. The summed E-state index contributed by atoms with van der Waals surface area (Å²) in [6, 6.07) is 6.59. The lowest BCUT2D eigenvalue weighted by Gasteiger charge is -2.08. The van der Waals surface area contributed by atoms with E-state index in [1.807, 2.05) is 0 Å². The van der Waals surface area contributed by atoms with E-state index >= 15 is 0 Å². The first-order valence-electron chi connectivity index (χ1n) is 7.73. The van der Waals surface area contributed by atoms with Crippen LogP contribution in [0.1, 0.15) is 13.3 Å². The number of fused-ring (bicyclic) bond motifs is 1. The third kappa shape index (κ3) is 4.09. The summed E-state index contributed by atoms with van der Waals surface area (Å²) in [5, 5.41) is 0. The Labute approximate surface area is 158 Å². The normalized spacial score (nSPS) is 12.4. The van der Waals surface area contributed by atoms with Crippen molar-refractivity contribution in [3.63, 3.8) is 0 Å². The topological polar surface area (TPSA) is 93.2 Å². The molecule has 0 amide bonds. The molecule has 144 valence electrons. The van der Waals surface area contributed by atoms with Crippen LogP contribution in [0, 0.1) is 11.6 Å². The van der Waals surface area contributed by atoms with E-state index in [4.69, 9.17) is 0 Å². The number of sulfone groups is 1. The quantitative estimate of drug-likeness (QED) is 0.643. The Bertz CT molecular complexity index is 1220. The van der Waals surface area contributed by atoms with Gasteiger partial charge in [-0.05, 0) is 42.8 Å². The van der Waals surface area contributed by atoms with E-state index in [0.29, 0.717) is 22.7 Å². The molecule has 0 unspecified atom stereocenters. The molecule has 3 rings (SSSR count). The predicted molar refractivity (Wildman–Crippen MR) is 99.1 cm³/mol. The van der Waals surface area contributed by atoms with Gasteiger partial charge in [0.05, 0.1) is 26.6 Å². The van der Waals surface area contributed by atoms with Gasteiger partial charge in [-0.15, -0.1) is 11.3 Å². The molecule has 27 heavy (non-hydrogen) atoms.